The van der Waals surface area contributed by atoms with Crippen LogP contribution in [-0.4, -0.2) is 19.2 Å². The van der Waals surface area contributed by atoms with Crippen LogP contribution in [0.2, 0.25) is 0 Å². The zero-order valence-electron chi connectivity index (χ0n) is 9.62. The maximum Gasteiger partial charge on any atom is 0.337 e. The molecule has 0 aliphatic rings. The van der Waals surface area contributed by atoms with E-state index in [9.17, 15) is 4.79 Å². The Morgan fingerprint density at radius 1 is 1.38 bits per heavy atom. The predicted molar refractivity (Wildman–Crippen MR) is 63.1 cm³/mol. The van der Waals surface area contributed by atoms with E-state index < -0.39 is 0 Å². The molecule has 3 nitrogen and oxygen atoms in total. The van der Waals surface area contributed by atoms with E-state index in [1.54, 1.807) is 12.1 Å². The van der Waals surface area contributed by atoms with Gasteiger partial charge in [0.25, 0.3) is 0 Å². The quantitative estimate of drug-likeness (QED) is 0.602. The first-order valence-corrected chi connectivity index (χ1v) is 5.55. The molecule has 0 aromatic heterocycles. The monoisotopic (exact) mass is 242 g/mol. The highest BCUT2D eigenvalue weighted by Gasteiger charge is 2.10. The van der Waals surface area contributed by atoms with Gasteiger partial charge in [0.1, 0.15) is 5.75 Å². The second kappa shape index (κ2) is 5.75. The van der Waals surface area contributed by atoms with E-state index in [1.807, 2.05) is 19.9 Å². The lowest BCUT2D eigenvalue weighted by Crippen LogP contribution is -2.08. The van der Waals surface area contributed by atoms with Crippen LogP contribution in [0.1, 0.15) is 29.8 Å². The topological polar surface area (TPSA) is 35.5 Å². The minimum atomic E-state index is -0.388. The Morgan fingerprint density at radius 2 is 2.06 bits per heavy atom. The molecule has 0 aliphatic heterocycles. The first-order chi connectivity index (χ1) is 7.56. The fourth-order valence-electron chi connectivity index (χ4n) is 1.31. The van der Waals surface area contributed by atoms with Crippen LogP contribution in [0.5, 0.6) is 5.75 Å². The van der Waals surface area contributed by atoms with Crippen molar-refractivity contribution in [2.24, 2.45) is 0 Å². The van der Waals surface area contributed by atoms with Crippen molar-refractivity contribution in [1.82, 2.24) is 0 Å². The second-order valence-corrected chi connectivity index (χ2v) is 3.92. The Labute approximate surface area is 100 Å². The third-order valence-electron chi connectivity index (χ3n) is 1.91. The van der Waals surface area contributed by atoms with Gasteiger partial charge < -0.3 is 9.47 Å². The first kappa shape index (κ1) is 12.8. The lowest BCUT2D eigenvalue weighted by Gasteiger charge is -2.12. The molecule has 1 rings (SSSR count). The van der Waals surface area contributed by atoms with E-state index >= 15 is 0 Å². The van der Waals surface area contributed by atoms with Crippen molar-refractivity contribution >= 4 is 17.6 Å². The lowest BCUT2D eigenvalue weighted by atomic mass is 10.1. The maximum absolute atomic E-state index is 11.4. The van der Waals surface area contributed by atoms with Crippen molar-refractivity contribution in [3.8, 4) is 5.75 Å². The molecule has 4 heteroatoms. The predicted octanol–water partition coefficient (Wildman–Crippen LogP) is 3.00. The molecule has 0 fully saturated rings. The van der Waals surface area contributed by atoms with E-state index in [1.165, 1.54) is 7.11 Å². The summed E-state index contributed by atoms with van der Waals surface area (Å²) in [6.07, 6.45) is 0.0519. The van der Waals surface area contributed by atoms with Crippen LogP contribution in [0, 0.1) is 0 Å². The van der Waals surface area contributed by atoms with Gasteiger partial charge in [-0.15, -0.1) is 11.6 Å². The summed E-state index contributed by atoms with van der Waals surface area (Å²) < 4.78 is 10.2. The average molecular weight is 243 g/mol. The molecule has 0 N–H and O–H groups in total. The fraction of sp³-hybridized carbons (Fsp3) is 0.417. The van der Waals surface area contributed by atoms with Gasteiger partial charge in [0, 0.05) is 5.88 Å². The van der Waals surface area contributed by atoms with Gasteiger partial charge in [-0.25, -0.2) is 4.79 Å². The van der Waals surface area contributed by atoms with Crippen LogP contribution < -0.4 is 4.74 Å². The summed E-state index contributed by atoms with van der Waals surface area (Å²) >= 11 is 5.75. The van der Waals surface area contributed by atoms with E-state index in [2.05, 4.69) is 4.74 Å². The molecule has 88 valence electrons. The Morgan fingerprint density at radius 3 is 2.56 bits per heavy atom. The number of alkyl halides is 1. The number of rotatable bonds is 4. The molecule has 1 aromatic carbocycles. The van der Waals surface area contributed by atoms with E-state index in [4.69, 9.17) is 16.3 Å². The third kappa shape index (κ3) is 3.42. The number of benzene rings is 1. The van der Waals surface area contributed by atoms with Crippen LogP contribution in [0.25, 0.3) is 0 Å². The van der Waals surface area contributed by atoms with Gasteiger partial charge in [-0.3, -0.25) is 0 Å². The van der Waals surface area contributed by atoms with Crippen molar-refractivity contribution in [3.05, 3.63) is 29.3 Å². The molecule has 0 saturated heterocycles. The normalized spacial score (nSPS) is 10.3. The van der Waals surface area contributed by atoms with Gasteiger partial charge in [0.05, 0.1) is 18.8 Å². The van der Waals surface area contributed by atoms with Crippen LogP contribution in [0.3, 0.4) is 0 Å². The number of ether oxygens (including phenoxy) is 2. The Bertz CT molecular complexity index is 375. The van der Waals surface area contributed by atoms with Crippen LogP contribution in [-0.2, 0) is 10.6 Å². The summed E-state index contributed by atoms with van der Waals surface area (Å²) in [5.41, 5.74) is 1.29. The molecular weight excluding hydrogens is 228 g/mol. The Balaban J connectivity index is 3.05. The summed E-state index contributed by atoms with van der Waals surface area (Å²) in [4.78, 5) is 11.4. The number of methoxy groups -OCH3 is 1. The number of halogens is 1. The zero-order valence-corrected chi connectivity index (χ0v) is 10.4. The number of esters is 1. The summed E-state index contributed by atoms with van der Waals surface area (Å²) in [5.74, 6) is 0.577. The molecule has 0 saturated carbocycles. The van der Waals surface area contributed by atoms with Crippen molar-refractivity contribution < 1.29 is 14.3 Å². The first-order valence-electron chi connectivity index (χ1n) is 5.01. The minimum Gasteiger partial charge on any atom is -0.491 e. The molecule has 1 aromatic rings. The number of hydrogen-bond acceptors (Lipinski definition) is 3. The van der Waals surface area contributed by atoms with Crippen molar-refractivity contribution in [1.29, 1.82) is 0 Å². The fourth-order valence-corrected chi connectivity index (χ4v) is 1.47. The van der Waals surface area contributed by atoms with Crippen molar-refractivity contribution in [3.63, 3.8) is 0 Å². The number of carbonyl (C=O) groups is 1. The van der Waals surface area contributed by atoms with E-state index in [-0.39, 0.29) is 12.1 Å². The number of hydrogen-bond donors (Lipinski definition) is 0. The second-order valence-electron chi connectivity index (χ2n) is 3.66. The molecule has 0 amide bonds. The van der Waals surface area contributed by atoms with Crippen LogP contribution in [0.4, 0.5) is 0 Å². The van der Waals surface area contributed by atoms with Crippen LogP contribution >= 0.6 is 11.6 Å². The van der Waals surface area contributed by atoms with Gasteiger partial charge in [0.2, 0.25) is 0 Å². The van der Waals surface area contributed by atoms with Gasteiger partial charge in [-0.2, -0.15) is 0 Å². The lowest BCUT2D eigenvalue weighted by molar-refractivity contribution is 0.0600. The highest BCUT2D eigenvalue weighted by molar-refractivity contribution is 6.17. The molecular formula is C12H15ClO3. The summed E-state index contributed by atoms with van der Waals surface area (Å²) in [7, 11) is 1.35. The molecule has 0 bridgehead atoms. The summed E-state index contributed by atoms with van der Waals surface area (Å²) in [6.45, 7) is 3.84. The van der Waals surface area contributed by atoms with Crippen LogP contribution in [0.15, 0.2) is 18.2 Å². The van der Waals surface area contributed by atoms with Gasteiger partial charge in [0.15, 0.2) is 0 Å². The molecule has 16 heavy (non-hydrogen) atoms. The van der Waals surface area contributed by atoms with E-state index in [0.29, 0.717) is 17.2 Å². The van der Waals surface area contributed by atoms with E-state index in [0.717, 1.165) is 5.56 Å². The van der Waals surface area contributed by atoms with Gasteiger partial charge in [-0.1, -0.05) is 0 Å². The maximum atomic E-state index is 11.4. The smallest absolute Gasteiger partial charge is 0.337 e. The highest BCUT2D eigenvalue weighted by Crippen LogP contribution is 2.20. The summed E-state index contributed by atoms with van der Waals surface area (Å²) in [6, 6.07) is 5.17. The summed E-state index contributed by atoms with van der Waals surface area (Å²) in [5, 5.41) is 0. The molecule has 0 unspecified atom stereocenters. The van der Waals surface area contributed by atoms with Crippen molar-refractivity contribution in [2.45, 2.75) is 25.8 Å². The molecule has 0 spiro atoms. The average Bonchev–Trinajstić information content (AvgIpc) is 2.26. The largest absolute Gasteiger partial charge is 0.491 e. The Kier molecular flexibility index (Phi) is 4.62. The van der Waals surface area contributed by atoms with Crippen molar-refractivity contribution in [2.75, 3.05) is 7.11 Å². The minimum absolute atomic E-state index is 0.0519. The number of carbonyl (C=O) groups excluding carboxylic acids is 1. The molecule has 0 radical (unpaired) electrons. The SMILES string of the molecule is COC(=O)c1cc(CCl)cc(OC(C)C)c1. The molecule has 0 aliphatic carbocycles. The Hall–Kier alpha value is -1.22. The highest BCUT2D eigenvalue weighted by atomic mass is 35.5. The third-order valence-corrected chi connectivity index (χ3v) is 2.22. The zero-order chi connectivity index (χ0) is 12.1. The standard InChI is InChI=1S/C12H15ClO3/c1-8(2)16-11-5-9(7-13)4-10(6-11)12(14)15-3/h4-6,8H,7H2,1-3H3. The molecule has 0 heterocycles. The van der Waals surface area contributed by atoms with Gasteiger partial charge in [-0.05, 0) is 37.6 Å². The van der Waals surface area contributed by atoms with Gasteiger partial charge >= 0.3 is 5.97 Å². The molecule has 0 atom stereocenters.